The fraction of sp³-hybridized carbons (Fsp3) is 0.375. The van der Waals surface area contributed by atoms with Crippen LogP contribution in [0.25, 0.3) is 10.9 Å². The van der Waals surface area contributed by atoms with E-state index in [0.717, 1.165) is 0 Å². The van der Waals surface area contributed by atoms with Gasteiger partial charge in [0.15, 0.2) is 0 Å². The molecule has 8 nitrogen and oxygen atoms in total. The molecule has 0 radical (unpaired) electrons. The van der Waals surface area contributed by atoms with Crippen molar-refractivity contribution in [2.45, 2.75) is 20.3 Å². The maximum absolute atomic E-state index is 12.4. The zero-order chi connectivity index (χ0) is 18.7. The van der Waals surface area contributed by atoms with Crippen LogP contribution in [-0.2, 0) is 23.0 Å². The Bertz CT molecular complexity index is 858. The lowest BCUT2D eigenvalue weighted by atomic mass is 10.1. The van der Waals surface area contributed by atoms with Crippen molar-refractivity contribution in [1.82, 2.24) is 4.57 Å². The van der Waals surface area contributed by atoms with Crippen LogP contribution < -0.4 is 4.74 Å². The summed E-state index contributed by atoms with van der Waals surface area (Å²) in [5.74, 6) is -0.804. The van der Waals surface area contributed by atoms with Crippen LogP contribution in [0.1, 0.15) is 29.9 Å². The van der Waals surface area contributed by atoms with E-state index in [-0.39, 0.29) is 30.9 Å². The Labute approximate surface area is 152 Å². The summed E-state index contributed by atoms with van der Waals surface area (Å²) in [5.41, 5.74) is 1.42. The number of hydrogen-bond acceptors (Lipinski definition) is 6. The van der Waals surface area contributed by atoms with Crippen LogP contribution in [0.2, 0.25) is 0 Å². The van der Waals surface area contributed by atoms with Crippen LogP contribution >= 0.6 is 15.9 Å². The zero-order valence-corrected chi connectivity index (χ0v) is 15.6. The molecule has 134 valence electrons. The van der Waals surface area contributed by atoms with Gasteiger partial charge in [-0.3, -0.25) is 14.9 Å². The Hall–Kier alpha value is -2.42. The van der Waals surface area contributed by atoms with Crippen molar-refractivity contribution in [3.63, 3.8) is 0 Å². The first-order valence-corrected chi connectivity index (χ1v) is 8.33. The van der Waals surface area contributed by atoms with E-state index in [1.165, 1.54) is 6.92 Å². The molecule has 1 aromatic heterocycles. The van der Waals surface area contributed by atoms with Crippen molar-refractivity contribution in [3.05, 3.63) is 38.0 Å². The molecule has 0 aliphatic rings. The highest BCUT2D eigenvalue weighted by Crippen LogP contribution is 2.35. The third kappa shape index (κ3) is 3.98. The molecule has 0 unspecified atom stereocenters. The first kappa shape index (κ1) is 18.9. The van der Waals surface area contributed by atoms with Gasteiger partial charge in [0, 0.05) is 30.0 Å². The predicted octanol–water partition coefficient (Wildman–Crippen LogP) is 2.86. The van der Waals surface area contributed by atoms with Crippen LogP contribution in [-0.4, -0.2) is 34.6 Å². The van der Waals surface area contributed by atoms with E-state index in [9.17, 15) is 19.7 Å². The molecule has 0 bridgehead atoms. The first-order chi connectivity index (χ1) is 11.8. The predicted molar refractivity (Wildman–Crippen MR) is 93.4 cm³/mol. The normalized spacial score (nSPS) is 10.7. The number of ether oxygens (including phenoxy) is 2. The average molecular weight is 413 g/mol. The molecule has 0 atom stereocenters. The van der Waals surface area contributed by atoms with Crippen LogP contribution in [0.3, 0.4) is 0 Å². The molecule has 0 fully saturated rings. The number of esters is 2. The zero-order valence-electron chi connectivity index (χ0n) is 14.0. The van der Waals surface area contributed by atoms with E-state index in [1.807, 2.05) is 0 Å². The number of hydrogen-bond donors (Lipinski definition) is 0. The lowest BCUT2D eigenvalue weighted by Crippen LogP contribution is -2.13. The number of nitro groups is 1. The molecule has 25 heavy (non-hydrogen) atoms. The van der Waals surface area contributed by atoms with Gasteiger partial charge >= 0.3 is 11.9 Å². The molecule has 1 heterocycles. The molecule has 0 saturated carbocycles. The Balaban J connectivity index is 2.70. The fourth-order valence-electron chi connectivity index (χ4n) is 2.64. The number of carbonyl (C=O) groups excluding carboxylic acids is 2. The van der Waals surface area contributed by atoms with Gasteiger partial charge in [-0.25, -0.2) is 4.79 Å². The molecule has 0 amide bonds. The molecule has 1 aromatic carbocycles. The number of fused-ring (bicyclic) bond motifs is 1. The SMILES string of the molecule is CCOC(=O)c1c(CC[N+](=O)[O-])n(C)c2cc(Br)c(OC(C)=O)cc12. The van der Waals surface area contributed by atoms with Gasteiger partial charge in [-0.2, -0.15) is 0 Å². The van der Waals surface area contributed by atoms with E-state index in [2.05, 4.69) is 15.9 Å². The largest absolute Gasteiger partial charge is 0.462 e. The number of rotatable bonds is 6. The minimum atomic E-state index is -0.567. The van der Waals surface area contributed by atoms with Crippen LogP contribution in [0, 0.1) is 10.1 Å². The summed E-state index contributed by atoms with van der Waals surface area (Å²) in [6.07, 6.45) is 0.0762. The van der Waals surface area contributed by atoms with Gasteiger partial charge in [0.2, 0.25) is 6.54 Å². The summed E-state index contributed by atoms with van der Waals surface area (Å²) in [6.45, 7) is 2.82. The van der Waals surface area contributed by atoms with Gasteiger partial charge in [-0.1, -0.05) is 0 Å². The number of benzene rings is 1. The topological polar surface area (TPSA) is 101 Å². The Morgan fingerprint density at radius 1 is 1.36 bits per heavy atom. The van der Waals surface area contributed by atoms with Gasteiger partial charge in [0.1, 0.15) is 5.75 Å². The first-order valence-electron chi connectivity index (χ1n) is 7.54. The van der Waals surface area contributed by atoms with Gasteiger partial charge in [0.05, 0.1) is 28.6 Å². The highest BCUT2D eigenvalue weighted by Gasteiger charge is 2.24. The van der Waals surface area contributed by atoms with Crippen LogP contribution in [0.15, 0.2) is 16.6 Å². The summed E-state index contributed by atoms with van der Waals surface area (Å²) in [4.78, 5) is 34.0. The van der Waals surface area contributed by atoms with Crippen molar-refractivity contribution in [2.75, 3.05) is 13.2 Å². The highest BCUT2D eigenvalue weighted by molar-refractivity contribution is 9.10. The highest BCUT2D eigenvalue weighted by atomic mass is 79.9. The van der Waals surface area contributed by atoms with Crippen molar-refractivity contribution in [3.8, 4) is 5.75 Å². The summed E-state index contributed by atoms with van der Waals surface area (Å²) in [7, 11) is 1.72. The molecule has 2 aromatic rings. The third-order valence-corrected chi connectivity index (χ3v) is 4.26. The Morgan fingerprint density at radius 2 is 2.04 bits per heavy atom. The second-order valence-corrected chi connectivity index (χ2v) is 6.16. The van der Waals surface area contributed by atoms with Gasteiger partial charge in [-0.05, 0) is 35.0 Å². The minimum absolute atomic E-state index is 0.0762. The maximum atomic E-state index is 12.4. The van der Waals surface area contributed by atoms with E-state index in [4.69, 9.17) is 9.47 Å². The quantitative estimate of drug-likeness (QED) is 0.313. The monoisotopic (exact) mass is 412 g/mol. The second-order valence-electron chi connectivity index (χ2n) is 5.30. The molecular weight excluding hydrogens is 396 g/mol. The van der Waals surface area contributed by atoms with Crippen molar-refractivity contribution >= 4 is 38.8 Å². The summed E-state index contributed by atoms with van der Waals surface area (Å²) in [5, 5.41) is 11.3. The van der Waals surface area contributed by atoms with E-state index in [1.54, 1.807) is 30.7 Å². The van der Waals surface area contributed by atoms with Gasteiger partial charge < -0.3 is 14.0 Å². The Morgan fingerprint density at radius 3 is 2.60 bits per heavy atom. The number of carbonyl (C=O) groups is 2. The van der Waals surface area contributed by atoms with Crippen molar-refractivity contribution in [1.29, 1.82) is 0 Å². The number of aryl methyl sites for hydroxylation is 1. The summed E-state index contributed by atoms with van der Waals surface area (Å²) < 4.78 is 12.5. The second kappa shape index (κ2) is 7.64. The van der Waals surface area contributed by atoms with Crippen LogP contribution in [0.5, 0.6) is 5.75 Å². The van der Waals surface area contributed by atoms with Crippen molar-refractivity contribution < 1.29 is 24.0 Å². The van der Waals surface area contributed by atoms with E-state index >= 15 is 0 Å². The van der Waals surface area contributed by atoms with Gasteiger partial charge in [0.25, 0.3) is 0 Å². The third-order valence-electron chi connectivity index (χ3n) is 3.64. The number of halogens is 1. The lowest BCUT2D eigenvalue weighted by molar-refractivity contribution is -0.479. The molecule has 0 aliphatic heterocycles. The molecular formula is C16H17BrN2O6. The molecule has 0 aliphatic carbocycles. The van der Waals surface area contributed by atoms with E-state index < -0.39 is 16.9 Å². The van der Waals surface area contributed by atoms with Crippen molar-refractivity contribution in [2.24, 2.45) is 7.05 Å². The lowest BCUT2D eigenvalue weighted by Gasteiger charge is -2.06. The average Bonchev–Trinajstić information content (AvgIpc) is 2.77. The number of aromatic nitrogens is 1. The van der Waals surface area contributed by atoms with Gasteiger partial charge in [-0.15, -0.1) is 0 Å². The standard InChI is InChI=1S/C16H17BrN2O6/c1-4-24-16(21)15-10-7-14(25-9(2)20)11(17)8-13(10)18(3)12(15)5-6-19(22)23/h7-8H,4-6H2,1-3H3. The molecule has 0 N–H and O–H groups in total. The number of nitrogens with zero attached hydrogens (tertiary/aromatic N) is 2. The molecule has 9 heteroatoms. The fourth-order valence-corrected chi connectivity index (χ4v) is 3.06. The Kier molecular flexibility index (Phi) is 5.78. The molecule has 0 spiro atoms. The summed E-state index contributed by atoms with van der Waals surface area (Å²) in [6, 6.07) is 3.26. The van der Waals surface area contributed by atoms with Crippen LogP contribution in [0.4, 0.5) is 0 Å². The van der Waals surface area contributed by atoms with E-state index in [0.29, 0.717) is 21.1 Å². The summed E-state index contributed by atoms with van der Waals surface area (Å²) >= 11 is 3.33. The maximum Gasteiger partial charge on any atom is 0.340 e. The minimum Gasteiger partial charge on any atom is -0.462 e. The molecule has 0 saturated heterocycles. The molecule has 2 rings (SSSR count). The smallest absolute Gasteiger partial charge is 0.340 e.